The maximum atomic E-state index is 12.8. The van der Waals surface area contributed by atoms with E-state index in [1.807, 2.05) is 17.0 Å². The summed E-state index contributed by atoms with van der Waals surface area (Å²) in [4.78, 5) is 12.8. The lowest BCUT2D eigenvalue weighted by atomic mass is 9.87. The Bertz CT molecular complexity index is 803. The van der Waals surface area contributed by atoms with Crippen molar-refractivity contribution in [1.29, 1.82) is 0 Å². The quantitative estimate of drug-likeness (QED) is 0.699. The van der Waals surface area contributed by atoms with Crippen molar-refractivity contribution in [3.05, 3.63) is 51.3 Å². The van der Waals surface area contributed by atoms with E-state index in [4.69, 9.17) is 11.6 Å². The number of alkyl halides is 3. The summed E-state index contributed by atoms with van der Waals surface area (Å²) in [7, 11) is 0. The van der Waals surface area contributed by atoms with Crippen LogP contribution in [0.25, 0.3) is 0 Å². The van der Waals surface area contributed by atoms with Gasteiger partial charge in [-0.1, -0.05) is 11.6 Å². The van der Waals surface area contributed by atoms with Crippen molar-refractivity contribution in [2.24, 2.45) is 0 Å². The number of fused-ring (bicyclic) bond motifs is 2. The van der Waals surface area contributed by atoms with Crippen molar-refractivity contribution >= 4 is 33.3 Å². The van der Waals surface area contributed by atoms with Crippen molar-refractivity contribution in [3.8, 4) is 0 Å². The summed E-state index contributed by atoms with van der Waals surface area (Å²) in [5.41, 5.74) is 0.173. The fraction of sp³-hybridized carbons (Fsp3) is 0.412. The fourth-order valence-electron chi connectivity index (χ4n) is 3.68. The van der Waals surface area contributed by atoms with Crippen molar-refractivity contribution < 1.29 is 13.2 Å². The Morgan fingerprint density at radius 1 is 1.15 bits per heavy atom. The summed E-state index contributed by atoms with van der Waals surface area (Å²) in [5, 5.41) is 0.0533. The zero-order valence-corrected chi connectivity index (χ0v) is 15.9. The molecule has 26 heavy (non-hydrogen) atoms. The van der Waals surface area contributed by atoms with Crippen LogP contribution in [0, 0.1) is 0 Å². The third kappa shape index (κ3) is 3.42. The molecule has 3 aliphatic heterocycles. The van der Waals surface area contributed by atoms with Crippen LogP contribution in [0.3, 0.4) is 0 Å². The van der Waals surface area contributed by atoms with Gasteiger partial charge in [0.05, 0.1) is 16.3 Å². The Kier molecular flexibility index (Phi) is 4.61. The second-order valence-electron chi connectivity index (χ2n) is 6.64. The van der Waals surface area contributed by atoms with E-state index in [2.05, 4.69) is 30.8 Å². The lowest BCUT2D eigenvalue weighted by Gasteiger charge is -2.57. The third-order valence-corrected chi connectivity index (χ3v) is 5.58. The molecule has 0 amide bonds. The second kappa shape index (κ2) is 6.65. The van der Waals surface area contributed by atoms with Gasteiger partial charge >= 0.3 is 6.18 Å². The van der Waals surface area contributed by atoms with Gasteiger partial charge in [0.2, 0.25) is 0 Å². The number of nitrogens with zero attached hydrogens (tertiary/aromatic N) is 4. The summed E-state index contributed by atoms with van der Waals surface area (Å²) in [6.45, 7) is 2.38. The molecule has 0 aromatic carbocycles. The van der Waals surface area contributed by atoms with Gasteiger partial charge in [0, 0.05) is 48.6 Å². The SMILES string of the molecule is FC(F)(F)c1cnc(N2C3CC2CN(Cc2ccc(Br)cn2)C3)c(Cl)c1. The lowest BCUT2D eigenvalue weighted by Crippen LogP contribution is -2.69. The predicted octanol–water partition coefficient (Wildman–Crippen LogP) is 4.37. The number of hydrogen-bond acceptors (Lipinski definition) is 4. The summed E-state index contributed by atoms with van der Waals surface area (Å²) in [6, 6.07) is 5.33. The molecule has 2 unspecified atom stereocenters. The molecule has 5 heterocycles. The van der Waals surface area contributed by atoms with Gasteiger partial charge in [0.1, 0.15) is 5.82 Å². The predicted molar refractivity (Wildman–Crippen MR) is 96.1 cm³/mol. The van der Waals surface area contributed by atoms with E-state index in [0.29, 0.717) is 5.82 Å². The molecule has 0 aliphatic carbocycles. The van der Waals surface area contributed by atoms with E-state index in [0.717, 1.165) is 48.5 Å². The standard InChI is InChI=1S/C17H15BrClF3N4/c18-11-1-2-12(23-6-11)7-25-8-13-4-14(9-25)26(13)16-15(19)3-10(5-24-16)17(20,21)22/h1-3,5-6,13-14H,4,7-9H2. The average Bonchev–Trinajstić information content (AvgIpc) is 2.58. The molecule has 3 aliphatic rings. The first kappa shape index (κ1) is 18.0. The molecule has 0 spiro atoms. The van der Waals surface area contributed by atoms with Crippen molar-refractivity contribution in [2.75, 3.05) is 18.0 Å². The van der Waals surface area contributed by atoms with Crippen LogP contribution in [0.15, 0.2) is 35.1 Å². The molecule has 0 saturated carbocycles. The maximum absolute atomic E-state index is 12.8. The lowest BCUT2D eigenvalue weighted by molar-refractivity contribution is -0.137. The van der Waals surface area contributed by atoms with Crippen LogP contribution in [-0.2, 0) is 12.7 Å². The summed E-state index contributed by atoms with van der Waals surface area (Å²) in [5.74, 6) is 0.447. The van der Waals surface area contributed by atoms with Crippen LogP contribution in [0.2, 0.25) is 5.02 Å². The van der Waals surface area contributed by atoms with Gasteiger partial charge in [-0.25, -0.2) is 4.98 Å². The van der Waals surface area contributed by atoms with Crippen LogP contribution < -0.4 is 4.90 Å². The van der Waals surface area contributed by atoms with Gasteiger partial charge in [-0.3, -0.25) is 9.88 Å². The molecule has 138 valence electrons. The van der Waals surface area contributed by atoms with Crippen molar-refractivity contribution in [3.63, 3.8) is 0 Å². The molecule has 0 radical (unpaired) electrons. The Morgan fingerprint density at radius 3 is 2.46 bits per heavy atom. The van der Waals surface area contributed by atoms with E-state index >= 15 is 0 Å². The first-order valence-corrected chi connectivity index (χ1v) is 9.32. The number of rotatable bonds is 3. The molecule has 3 fully saturated rings. The molecule has 2 atom stereocenters. The Labute approximate surface area is 162 Å². The van der Waals surface area contributed by atoms with Gasteiger partial charge in [0.15, 0.2) is 0 Å². The summed E-state index contributed by atoms with van der Waals surface area (Å²) < 4.78 is 39.3. The molecule has 9 heteroatoms. The number of aromatic nitrogens is 2. The largest absolute Gasteiger partial charge is 0.417 e. The highest BCUT2D eigenvalue weighted by Gasteiger charge is 2.46. The number of pyridine rings is 2. The van der Waals surface area contributed by atoms with Gasteiger partial charge < -0.3 is 4.90 Å². The van der Waals surface area contributed by atoms with E-state index in [1.54, 1.807) is 6.20 Å². The Morgan fingerprint density at radius 2 is 1.88 bits per heavy atom. The topological polar surface area (TPSA) is 32.3 Å². The maximum Gasteiger partial charge on any atom is 0.417 e. The molecule has 5 rings (SSSR count). The molecule has 2 aromatic heterocycles. The summed E-state index contributed by atoms with van der Waals surface area (Å²) >= 11 is 9.48. The molecule has 4 nitrogen and oxygen atoms in total. The highest BCUT2D eigenvalue weighted by Crippen LogP contribution is 2.41. The van der Waals surface area contributed by atoms with Gasteiger partial charge in [-0.2, -0.15) is 13.2 Å². The van der Waals surface area contributed by atoms with Crippen LogP contribution >= 0.6 is 27.5 Å². The molecule has 2 bridgehead atoms. The average molecular weight is 448 g/mol. The van der Waals surface area contributed by atoms with Crippen molar-refractivity contribution in [2.45, 2.75) is 31.2 Å². The molecule has 0 N–H and O–H groups in total. The molecular weight excluding hydrogens is 433 g/mol. The monoisotopic (exact) mass is 446 g/mol. The fourth-order valence-corrected chi connectivity index (χ4v) is 4.18. The van der Waals surface area contributed by atoms with E-state index in [-0.39, 0.29) is 17.1 Å². The van der Waals surface area contributed by atoms with Crippen LogP contribution in [0.5, 0.6) is 0 Å². The van der Waals surface area contributed by atoms with Gasteiger partial charge in [-0.05, 0) is 40.5 Å². The number of piperidine rings is 1. The summed E-state index contributed by atoms with van der Waals surface area (Å²) in [6.07, 6.45) is -0.797. The second-order valence-corrected chi connectivity index (χ2v) is 7.96. The Hall–Kier alpha value is -1.38. The molecule has 3 saturated heterocycles. The molecule has 2 aromatic rings. The Balaban J connectivity index is 1.45. The molecular formula is C17H15BrClF3N4. The number of hydrogen-bond donors (Lipinski definition) is 0. The number of halogens is 5. The zero-order chi connectivity index (χ0) is 18.5. The van der Waals surface area contributed by atoms with Crippen LogP contribution in [0.4, 0.5) is 19.0 Å². The zero-order valence-electron chi connectivity index (χ0n) is 13.5. The smallest absolute Gasteiger partial charge is 0.347 e. The van der Waals surface area contributed by atoms with E-state index in [9.17, 15) is 13.2 Å². The number of anilines is 1. The minimum atomic E-state index is -4.44. The normalized spacial score (nSPS) is 23.0. The third-order valence-electron chi connectivity index (χ3n) is 4.84. The first-order chi connectivity index (χ1) is 12.3. The highest BCUT2D eigenvalue weighted by atomic mass is 79.9. The van der Waals surface area contributed by atoms with Crippen LogP contribution in [-0.4, -0.2) is 40.0 Å². The highest BCUT2D eigenvalue weighted by molar-refractivity contribution is 9.10. The van der Waals surface area contributed by atoms with E-state index < -0.39 is 11.7 Å². The first-order valence-electron chi connectivity index (χ1n) is 8.15. The van der Waals surface area contributed by atoms with Gasteiger partial charge in [0.25, 0.3) is 0 Å². The minimum absolute atomic E-state index is 0.0533. The minimum Gasteiger partial charge on any atom is -0.347 e. The number of piperazine rings is 1. The van der Waals surface area contributed by atoms with E-state index in [1.165, 1.54) is 0 Å². The van der Waals surface area contributed by atoms with Crippen LogP contribution in [0.1, 0.15) is 17.7 Å². The van der Waals surface area contributed by atoms with Gasteiger partial charge in [-0.15, -0.1) is 0 Å². The van der Waals surface area contributed by atoms with Crippen molar-refractivity contribution in [1.82, 2.24) is 14.9 Å².